The van der Waals surface area contributed by atoms with Gasteiger partial charge in [-0.1, -0.05) is 18.2 Å². The van der Waals surface area contributed by atoms with E-state index in [2.05, 4.69) is 5.32 Å². The number of benzene rings is 1. The smallest absolute Gasteiger partial charge is 0.251 e. The summed E-state index contributed by atoms with van der Waals surface area (Å²) in [7, 11) is 3.22. The van der Waals surface area contributed by atoms with Gasteiger partial charge in [-0.15, -0.1) is 0 Å². The number of carbonyl (C=O) groups excluding carboxylic acids is 1. The van der Waals surface area contributed by atoms with Gasteiger partial charge in [0.15, 0.2) is 6.29 Å². The first-order valence-corrected chi connectivity index (χ1v) is 5.66. The second-order valence-electron chi connectivity index (χ2n) is 3.67. The van der Waals surface area contributed by atoms with Crippen LogP contribution in [0.4, 0.5) is 0 Å². The van der Waals surface area contributed by atoms with Crippen molar-refractivity contribution >= 4 is 5.91 Å². The van der Waals surface area contributed by atoms with Crippen molar-refractivity contribution in [2.75, 3.05) is 20.8 Å². The number of hydrogen-bond acceptors (Lipinski definition) is 3. The first-order chi connectivity index (χ1) is 8.27. The molecule has 0 unspecified atom stereocenters. The largest absolute Gasteiger partial charge is 0.356 e. The van der Waals surface area contributed by atoms with Crippen molar-refractivity contribution in [3.8, 4) is 0 Å². The molecule has 17 heavy (non-hydrogen) atoms. The molecule has 0 saturated carbocycles. The summed E-state index contributed by atoms with van der Waals surface area (Å²) in [5.74, 6) is -0.0445. The van der Waals surface area contributed by atoms with Gasteiger partial charge in [0.2, 0.25) is 0 Å². The van der Waals surface area contributed by atoms with E-state index in [1.165, 1.54) is 0 Å². The monoisotopic (exact) mass is 237 g/mol. The number of rotatable bonds is 7. The van der Waals surface area contributed by atoms with Crippen LogP contribution >= 0.6 is 0 Å². The molecule has 1 aromatic rings. The number of amides is 1. The van der Waals surface area contributed by atoms with Crippen molar-refractivity contribution in [3.63, 3.8) is 0 Å². The molecule has 1 amide bonds. The molecule has 1 rings (SSSR count). The van der Waals surface area contributed by atoms with E-state index < -0.39 is 0 Å². The van der Waals surface area contributed by atoms with E-state index in [1.54, 1.807) is 26.4 Å². The van der Waals surface area contributed by atoms with Crippen molar-refractivity contribution in [1.82, 2.24) is 5.32 Å². The van der Waals surface area contributed by atoms with E-state index >= 15 is 0 Å². The Hall–Kier alpha value is -1.39. The normalized spacial score (nSPS) is 10.5. The van der Waals surface area contributed by atoms with Crippen LogP contribution in [0.2, 0.25) is 0 Å². The summed E-state index contributed by atoms with van der Waals surface area (Å²) in [5.41, 5.74) is 0.683. The quantitative estimate of drug-likeness (QED) is 0.581. The molecule has 0 radical (unpaired) electrons. The maximum Gasteiger partial charge on any atom is 0.251 e. The summed E-state index contributed by atoms with van der Waals surface area (Å²) >= 11 is 0. The van der Waals surface area contributed by atoms with E-state index in [0.717, 1.165) is 12.8 Å². The third-order valence-electron chi connectivity index (χ3n) is 2.46. The summed E-state index contributed by atoms with van der Waals surface area (Å²) in [6.45, 7) is 0.622. The van der Waals surface area contributed by atoms with Gasteiger partial charge in [-0.05, 0) is 18.6 Å². The highest BCUT2D eigenvalue weighted by Crippen LogP contribution is 2.02. The Kier molecular flexibility index (Phi) is 6.29. The molecule has 0 fully saturated rings. The standard InChI is InChI=1S/C13H19NO3/c1-16-12(17-2)9-6-10-14-13(15)11-7-4-3-5-8-11/h3-5,7-8,12H,6,9-10H2,1-2H3,(H,14,15). The first kappa shape index (κ1) is 13.7. The molecular formula is C13H19NO3. The lowest BCUT2D eigenvalue weighted by molar-refractivity contribution is -0.106. The van der Waals surface area contributed by atoms with E-state index in [1.807, 2.05) is 18.2 Å². The molecule has 4 nitrogen and oxygen atoms in total. The Labute approximate surface area is 102 Å². The summed E-state index contributed by atoms with van der Waals surface area (Å²) in [6, 6.07) is 9.17. The molecule has 0 aliphatic rings. The third-order valence-corrected chi connectivity index (χ3v) is 2.46. The molecule has 94 valence electrons. The van der Waals surface area contributed by atoms with Crippen LogP contribution in [-0.2, 0) is 9.47 Å². The molecule has 4 heteroatoms. The maximum atomic E-state index is 11.7. The van der Waals surface area contributed by atoms with Gasteiger partial charge in [-0.3, -0.25) is 4.79 Å². The van der Waals surface area contributed by atoms with E-state index in [-0.39, 0.29) is 12.2 Å². The van der Waals surface area contributed by atoms with Crippen LogP contribution in [0.15, 0.2) is 30.3 Å². The second-order valence-corrected chi connectivity index (χ2v) is 3.67. The lowest BCUT2D eigenvalue weighted by Crippen LogP contribution is -2.25. The Balaban J connectivity index is 2.21. The predicted octanol–water partition coefficient (Wildman–Crippen LogP) is 1.82. The first-order valence-electron chi connectivity index (χ1n) is 5.66. The fraction of sp³-hybridized carbons (Fsp3) is 0.462. The molecule has 0 aromatic heterocycles. The van der Waals surface area contributed by atoms with Crippen molar-refractivity contribution in [2.24, 2.45) is 0 Å². The summed E-state index contributed by atoms with van der Waals surface area (Å²) in [6.07, 6.45) is 1.40. The van der Waals surface area contributed by atoms with Crippen LogP contribution in [-0.4, -0.2) is 33.0 Å². The fourth-order valence-corrected chi connectivity index (χ4v) is 1.49. The molecule has 0 aliphatic carbocycles. The number of ether oxygens (including phenoxy) is 2. The van der Waals surface area contributed by atoms with Gasteiger partial charge in [0, 0.05) is 32.7 Å². The molecule has 0 heterocycles. The molecule has 0 aliphatic heterocycles. The zero-order valence-corrected chi connectivity index (χ0v) is 10.3. The summed E-state index contributed by atoms with van der Waals surface area (Å²) in [4.78, 5) is 11.7. The minimum atomic E-state index is -0.191. The number of carbonyl (C=O) groups is 1. The Morgan fingerprint density at radius 3 is 2.47 bits per heavy atom. The number of methoxy groups -OCH3 is 2. The van der Waals surface area contributed by atoms with Gasteiger partial charge in [-0.25, -0.2) is 0 Å². The van der Waals surface area contributed by atoms with Crippen molar-refractivity contribution < 1.29 is 14.3 Å². The Morgan fingerprint density at radius 1 is 1.24 bits per heavy atom. The highest BCUT2D eigenvalue weighted by molar-refractivity contribution is 5.94. The van der Waals surface area contributed by atoms with Crippen LogP contribution in [0.25, 0.3) is 0 Å². The molecular weight excluding hydrogens is 218 g/mol. The average Bonchev–Trinajstić information content (AvgIpc) is 2.40. The van der Waals surface area contributed by atoms with Crippen LogP contribution < -0.4 is 5.32 Å². The molecule has 1 aromatic carbocycles. The number of nitrogens with one attached hydrogen (secondary N) is 1. The van der Waals surface area contributed by atoms with Gasteiger partial charge in [-0.2, -0.15) is 0 Å². The predicted molar refractivity (Wildman–Crippen MR) is 65.8 cm³/mol. The van der Waals surface area contributed by atoms with Gasteiger partial charge in [0.1, 0.15) is 0 Å². The lowest BCUT2D eigenvalue weighted by atomic mass is 10.2. The van der Waals surface area contributed by atoms with Crippen molar-refractivity contribution in [3.05, 3.63) is 35.9 Å². The second kappa shape index (κ2) is 7.81. The zero-order chi connectivity index (χ0) is 12.5. The fourth-order valence-electron chi connectivity index (χ4n) is 1.49. The molecule has 0 bridgehead atoms. The van der Waals surface area contributed by atoms with Crippen LogP contribution in [0.5, 0.6) is 0 Å². The Morgan fingerprint density at radius 2 is 1.88 bits per heavy atom. The molecule has 0 atom stereocenters. The summed E-state index contributed by atoms with van der Waals surface area (Å²) < 4.78 is 10.1. The van der Waals surface area contributed by atoms with Crippen molar-refractivity contribution in [2.45, 2.75) is 19.1 Å². The maximum absolute atomic E-state index is 11.7. The van der Waals surface area contributed by atoms with Crippen LogP contribution in [0.3, 0.4) is 0 Å². The highest BCUT2D eigenvalue weighted by atomic mass is 16.7. The molecule has 0 spiro atoms. The van der Waals surface area contributed by atoms with E-state index in [0.29, 0.717) is 12.1 Å². The molecule has 1 N–H and O–H groups in total. The van der Waals surface area contributed by atoms with Crippen molar-refractivity contribution in [1.29, 1.82) is 0 Å². The highest BCUT2D eigenvalue weighted by Gasteiger charge is 2.06. The topological polar surface area (TPSA) is 47.6 Å². The third kappa shape index (κ3) is 4.97. The van der Waals surface area contributed by atoms with Gasteiger partial charge >= 0.3 is 0 Å². The molecule has 0 saturated heterocycles. The Bertz CT molecular complexity index is 323. The minimum Gasteiger partial charge on any atom is -0.356 e. The van der Waals surface area contributed by atoms with Crippen LogP contribution in [0.1, 0.15) is 23.2 Å². The van der Waals surface area contributed by atoms with Gasteiger partial charge in [0.05, 0.1) is 0 Å². The summed E-state index contributed by atoms with van der Waals surface area (Å²) in [5, 5.41) is 2.85. The SMILES string of the molecule is COC(CCCNC(=O)c1ccccc1)OC. The van der Waals surface area contributed by atoms with E-state index in [4.69, 9.17) is 9.47 Å². The lowest BCUT2D eigenvalue weighted by Gasteiger charge is -2.13. The van der Waals surface area contributed by atoms with Crippen LogP contribution in [0, 0.1) is 0 Å². The zero-order valence-electron chi connectivity index (χ0n) is 10.3. The van der Waals surface area contributed by atoms with Gasteiger partial charge in [0.25, 0.3) is 5.91 Å². The van der Waals surface area contributed by atoms with E-state index in [9.17, 15) is 4.79 Å². The van der Waals surface area contributed by atoms with Gasteiger partial charge < -0.3 is 14.8 Å². The minimum absolute atomic E-state index is 0.0445. The average molecular weight is 237 g/mol. The number of hydrogen-bond donors (Lipinski definition) is 1.